The van der Waals surface area contributed by atoms with Crippen molar-refractivity contribution in [2.75, 3.05) is 46.3 Å². The van der Waals surface area contributed by atoms with Gasteiger partial charge in [-0.1, -0.05) is 23.2 Å². The minimum absolute atomic E-state index is 0.111. The van der Waals surface area contributed by atoms with Crippen LogP contribution in [0.4, 0.5) is 0 Å². The van der Waals surface area contributed by atoms with Gasteiger partial charge in [-0.15, -0.1) is 0 Å². The lowest BCUT2D eigenvalue weighted by atomic mass is 9.89. The number of hydrogen-bond donors (Lipinski definition) is 1. The molecule has 0 amide bonds. The fourth-order valence-electron chi connectivity index (χ4n) is 4.07. The highest BCUT2D eigenvalue weighted by Gasteiger charge is 2.29. The Bertz CT molecular complexity index is 582. The largest absolute Gasteiger partial charge is 0.506 e. The molecule has 0 aromatic heterocycles. The summed E-state index contributed by atoms with van der Waals surface area (Å²) in [4.78, 5) is 7.47. The van der Waals surface area contributed by atoms with Crippen molar-refractivity contribution in [2.24, 2.45) is 5.92 Å². The van der Waals surface area contributed by atoms with Crippen LogP contribution in [0.15, 0.2) is 12.1 Å². The molecule has 0 spiro atoms. The zero-order valence-corrected chi connectivity index (χ0v) is 16.7. The van der Waals surface area contributed by atoms with Crippen LogP contribution in [-0.2, 0) is 6.54 Å². The minimum atomic E-state index is 0.111. The number of piperidine rings is 1. The van der Waals surface area contributed by atoms with Crippen molar-refractivity contribution in [3.05, 3.63) is 27.7 Å². The molecule has 0 radical (unpaired) electrons. The lowest BCUT2D eigenvalue weighted by Gasteiger charge is -2.42. The SMILES string of the molecule is C[C@H](C1CCN(Cc2c(Cl)ccc(O)c2Cl)CC1)N1CCN(C)CC1. The first-order valence-corrected chi connectivity index (χ1v) is 10.0. The number of likely N-dealkylation sites (N-methyl/N-ethyl adjacent to an activating group) is 1. The van der Waals surface area contributed by atoms with E-state index in [2.05, 4.69) is 28.7 Å². The maximum atomic E-state index is 9.81. The Labute approximate surface area is 161 Å². The fourth-order valence-corrected chi connectivity index (χ4v) is 4.56. The Morgan fingerprint density at radius 1 is 1.08 bits per heavy atom. The monoisotopic (exact) mass is 385 g/mol. The molecule has 2 fully saturated rings. The minimum Gasteiger partial charge on any atom is -0.506 e. The molecule has 25 heavy (non-hydrogen) atoms. The lowest BCUT2D eigenvalue weighted by Crippen LogP contribution is -2.51. The molecule has 0 saturated carbocycles. The number of rotatable bonds is 4. The molecule has 0 bridgehead atoms. The topological polar surface area (TPSA) is 30.0 Å². The Morgan fingerprint density at radius 2 is 1.72 bits per heavy atom. The Hall–Kier alpha value is -0.520. The lowest BCUT2D eigenvalue weighted by molar-refractivity contribution is 0.0598. The third-order valence-electron chi connectivity index (χ3n) is 5.98. The molecular weight excluding hydrogens is 357 g/mol. The summed E-state index contributed by atoms with van der Waals surface area (Å²) in [5.41, 5.74) is 0.842. The number of piperazine rings is 1. The molecule has 0 unspecified atom stereocenters. The molecule has 1 aromatic rings. The van der Waals surface area contributed by atoms with Crippen LogP contribution in [0.25, 0.3) is 0 Å². The van der Waals surface area contributed by atoms with E-state index in [0.717, 1.165) is 24.6 Å². The van der Waals surface area contributed by atoms with E-state index in [1.165, 1.54) is 39.0 Å². The third kappa shape index (κ3) is 4.61. The van der Waals surface area contributed by atoms with Crippen LogP contribution in [0, 0.1) is 5.92 Å². The van der Waals surface area contributed by atoms with Gasteiger partial charge in [0.05, 0.1) is 5.02 Å². The molecular formula is C19H29Cl2N3O. The number of phenols is 1. The molecule has 2 saturated heterocycles. The zero-order valence-electron chi connectivity index (χ0n) is 15.2. The van der Waals surface area contributed by atoms with Gasteiger partial charge in [-0.05, 0) is 58.0 Å². The van der Waals surface area contributed by atoms with Crippen LogP contribution in [0.1, 0.15) is 25.3 Å². The molecule has 1 aromatic carbocycles. The molecule has 2 heterocycles. The highest BCUT2D eigenvalue weighted by atomic mass is 35.5. The maximum absolute atomic E-state index is 9.81. The molecule has 1 N–H and O–H groups in total. The van der Waals surface area contributed by atoms with Crippen molar-refractivity contribution in [3.63, 3.8) is 0 Å². The van der Waals surface area contributed by atoms with E-state index in [-0.39, 0.29) is 5.75 Å². The summed E-state index contributed by atoms with van der Waals surface area (Å²) in [7, 11) is 2.21. The summed E-state index contributed by atoms with van der Waals surface area (Å²) in [6.45, 7) is 9.96. The Balaban J connectivity index is 1.53. The van der Waals surface area contributed by atoms with Gasteiger partial charge < -0.3 is 10.0 Å². The van der Waals surface area contributed by atoms with Crippen molar-refractivity contribution in [1.29, 1.82) is 0 Å². The summed E-state index contributed by atoms with van der Waals surface area (Å²) in [5, 5.41) is 10.8. The van der Waals surface area contributed by atoms with Gasteiger partial charge in [-0.3, -0.25) is 9.80 Å². The highest BCUT2D eigenvalue weighted by Crippen LogP contribution is 2.34. The third-order valence-corrected chi connectivity index (χ3v) is 6.75. The number of hydrogen-bond acceptors (Lipinski definition) is 4. The molecule has 0 aliphatic carbocycles. The van der Waals surface area contributed by atoms with Crippen LogP contribution in [0.3, 0.4) is 0 Å². The van der Waals surface area contributed by atoms with E-state index in [1.54, 1.807) is 12.1 Å². The standard InChI is InChI=1S/C19H29Cl2N3O/c1-14(24-11-9-22(2)10-12-24)15-5-7-23(8-6-15)13-16-17(20)3-4-18(25)19(16)21/h3-4,14-15,25H,5-13H2,1-2H3/t14-/m1/s1. The van der Waals surface area contributed by atoms with Crippen LogP contribution in [0.2, 0.25) is 10.0 Å². The maximum Gasteiger partial charge on any atom is 0.134 e. The van der Waals surface area contributed by atoms with Crippen LogP contribution in [-0.4, -0.2) is 72.2 Å². The van der Waals surface area contributed by atoms with E-state index in [0.29, 0.717) is 22.6 Å². The van der Waals surface area contributed by atoms with Crippen molar-refractivity contribution in [1.82, 2.24) is 14.7 Å². The summed E-state index contributed by atoms with van der Waals surface area (Å²) in [5.74, 6) is 0.870. The van der Waals surface area contributed by atoms with E-state index >= 15 is 0 Å². The Morgan fingerprint density at radius 3 is 2.36 bits per heavy atom. The van der Waals surface area contributed by atoms with E-state index in [9.17, 15) is 5.11 Å². The number of benzene rings is 1. The average Bonchev–Trinajstić information content (AvgIpc) is 2.62. The molecule has 3 rings (SSSR count). The zero-order chi connectivity index (χ0) is 18.0. The highest BCUT2D eigenvalue weighted by molar-refractivity contribution is 6.36. The van der Waals surface area contributed by atoms with E-state index in [1.807, 2.05) is 0 Å². The van der Waals surface area contributed by atoms with E-state index < -0.39 is 0 Å². The molecule has 2 aliphatic heterocycles. The number of phenolic OH excluding ortho intramolecular Hbond substituents is 1. The second kappa shape index (κ2) is 8.45. The molecule has 140 valence electrons. The number of nitrogens with zero attached hydrogens (tertiary/aromatic N) is 3. The molecule has 2 aliphatic rings. The normalized spacial score (nSPS) is 23.0. The quantitative estimate of drug-likeness (QED) is 0.857. The molecule has 4 nitrogen and oxygen atoms in total. The fraction of sp³-hybridized carbons (Fsp3) is 0.684. The summed E-state index contributed by atoms with van der Waals surface area (Å²) < 4.78 is 0. The number of aromatic hydroxyl groups is 1. The van der Waals surface area contributed by atoms with Gasteiger partial charge in [0.25, 0.3) is 0 Å². The molecule has 1 atom stereocenters. The predicted octanol–water partition coefficient (Wildman–Crippen LogP) is 3.55. The van der Waals surface area contributed by atoms with Gasteiger partial charge in [0.1, 0.15) is 5.75 Å². The first-order valence-electron chi connectivity index (χ1n) is 9.26. The summed E-state index contributed by atoms with van der Waals surface area (Å²) in [6, 6.07) is 3.93. The molecule has 6 heteroatoms. The average molecular weight is 386 g/mol. The summed E-state index contributed by atoms with van der Waals surface area (Å²) >= 11 is 12.5. The number of halogens is 2. The van der Waals surface area contributed by atoms with Gasteiger partial charge >= 0.3 is 0 Å². The van der Waals surface area contributed by atoms with Crippen molar-refractivity contribution >= 4 is 23.2 Å². The van der Waals surface area contributed by atoms with Crippen molar-refractivity contribution in [2.45, 2.75) is 32.4 Å². The first-order chi connectivity index (χ1) is 12.0. The van der Waals surface area contributed by atoms with Crippen molar-refractivity contribution in [3.8, 4) is 5.75 Å². The van der Waals surface area contributed by atoms with Gasteiger partial charge in [0, 0.05) is 49.4 Å². The smallest absolute Gasteiger partial charge is 0.134 e. The van der Waals surface area contributed by atoms with Gasteiger partial charge in [0.15, 0.2) is 0 Å². The van der Waals surface area contributed by atoms with Crippen LogP contribution >= 0.6 is 23.2 Å². The second-order valence-corrected chi connectivity index (χ2v) is 8.34. The van der Waals surface area contributed by atoms with Gasteiger partial charge in [0.2, 0.25) is 0 Å². The first kappa shape index (κ1) is 19.2. The van der Waals surface area contributed by atoms with Gasteiger partial charge in [-0.25, -0.2) is 0 Å². The predicted molar refractivity (Wildman–Crippen MR) is 105 cm³/mol. The van der Waals surface area contributed by atoms with Crippen LogP contribution in [0.5, 0.6) is 5.75 Å². The second-order valence-electron chi connectivity index (χ2n) is 7.55. The number of likely N-dealkylation sites (tertiary alicyclic amines) is 1. The van der Waals surface area contributed by atoms with Crippen molar-refractivity contribution < 1.29 is 5.11 Å². The Kier molecular flexibility index (Phi) is 6.50. The summed E-state index contributed by atoms with van der Waals surface area (Å²) in [6.07, 6.45) is 2.42. The van der Waals surface area contributed by atoms with E-state index in [4.69, 9.17) is 23.2 Å². The van der Waals surface area contributed by atoms with Gasteiger partial charge in [-0.2, -0.15) is 0 Å². The van der Waals surface area contributed by atoms with Crippen LogP contribution < -0.4 is 0 Å².